The van der Waals surface area contributed by atoms with E-state index in [0.717, 1.165) is 44.7 Å². The molecule has 0 unspecified atom stereocenters. The maximum atomic E-state index is 11.6. The number of ether oxygens (including phenoxy) is 1. The summed E-state index contributed by atoms with van der Waals surface area (Å²) in [5, 5.41) is 3.38. The third-order valence-corrected chi connectivity index (χ3v) is 3.67. The van der Waals surface area contributed by atoms with Gasteiger partial charge in [-0.2, -0.15) is 0 Å². The van der Waals surface area contributed by atoms with Gasteiger partial charge in [0, 0.05) is 18.8 Å². The molecule has 110 valence electrons. The van der Waals surface area contributed by atoms with E-state index in [0.29, 0.717) is 11.6 Å². The normalized spacial score (nSPS) is 15.9. The topological polar surface area (TPSA) is 54.5 Å². The molecule has 1 N–H and O–H groups in total. The van der Waals surface area contributed by atoms with Gasteiger partial charge < -0.3 is 15.0 Å². The fourth-order valence-corrected chi connectivity index (χ4v) is 2.66. The van der Waals surface area contributed by atoms with E-state index >= 15 is 0 Å². The number of aromatic nitrogens is 1. The van der Waals surface area contributed by atoms with Crippen LogP contribution in [0.1, 0.15) is 36.5 Å². The number of rotatable bonds is 5. The molecule has 1 aliphatic rings. The Bertz CT molecular complexity index is 444. The lowest BCUT2D eigenvalue weighted by atomic mass is 10.0. The van der Waals surface area contributed by atoms with Gasteiger partial charge in [0.1, 0.15) is 5.82 Å². The number of carbonyl (C=O) groups is 1. The first-order chi connectivity index (χ1) is 9.76. The summed E-state index contributed by atoms with van der Waals surface area (Å²) in [5.74, 6) is 0.567. The van der Waals surface area contributed by atoms with E-state index in [9.17, 15) is 4.79 Å². The van der Waals surface area contributed by atoms with E-state index in [1.165, 1.54) is 7.11 Å². The van der Waals surface area contributed by atoms with E-state index < -0.39 is 0 Å². The van der Waals surface area contributed by atoms with Crippen molar-refractivity contribution in [2.24, 2.45) is 0 Å². The van der Waals surface area contributed by atoms with Crippen LogP contribution >= 0.6 is 0 Å². The van der Waals surface area contributed by atoms with Gasteiger partial charge in [0.2, 0.25) is 0 Å². The molecule has 0 spiro atoms. The summed E-state index contributed by atoms with van der Waals surface area (Å²) in [4.78, 5) is 18.4. The highest BCUT2D eigenvalue weighted by molar-refractivity contribution is 5.90. The van der Waals surface area contributed by atoms with Crippen LogP contribution in [-0.2, 0) is 4.74 Å². The first kappa shape index (κ1) is 14.8. The van der Waals surface area contributed by atoms with Crippen molar-refractivity contribution >= 4 is 11.8 Å². The highest BCUT2D eigenvalue weighted by Crippen LogP contribution is 2.21. The fourth-order valence-electron chi connectivity index (χ4n) is 2.66. The predicted molar refractivity (Wildman–Crippen MR) is 79.1 cm³/mol. The first-order valence-electron chi connectivity index (χ1n) is 7.28. The third-order valence-electron chi connectivity index (χ3n) is 3.67. The zero-order valence-electron chi connectivity index (χ0n) is 12.3. The summed E-state index contributed by atoms with van der Waals surface area (Å²) in [7, 11) is 1.40. The molecule has 0 amide bonds. The number of hydrogen-bond acceptors (Lipinski definition) is 5. The van der Waals surface area contributed by atoms with Crippen molar-refractivity contribution in [3.05, 3.63) is 23.9 Å². The van der Waals surface area contributed by atoms with Crippen LogP contribution in [0, 0.1) is 0 Å². The predicted octanol–water partition coefficient (Wildman–Crippen LogP) is 1.84. The number of nitrogens with zero attached hydrogens (tertiary/aromatic N) is 2. The van der Waals surface area contributed by atoms with Gasteiger partial charge in [0.15, 0.2) is 0 Å². The molecule has 20 heavy (non-hydrogen) atoms. The second-order valence-corrected chi connectivity index (χ2v) is 5.07. The highest BCUT2D eigenvalue weighted by atomic mass is 16.5. The van der Waals surface area contributed by atoms with Gasteiger partial charge >= 0.3 is 5.97 Å². The molecule has 1 fully saturated rings. The van der Waals surface area contributed by atoms with E-state index in [1.54, 1.807) is 12.3 Å². The molecule has 1 aliphatic heterocycles. The number of esters is 1. The Morgan fingerprint density at radius 3 is 2.90 bits per heavy atom. The summed E-state index contributed by atoms with van der Waals surface area (Å²) < 4.78 is 4.78. The quantitative estimate of drug-likeness (QED) is 0.832. The molecule has 0 saturated carbocycles. The molecular formula is C15H23N3O2. The summed E-state index contributed by atoms with van der Waals surface area (Å²) >= 11 is 0. The van der Waals surface area contributed by atoms with Crippen molar-refractivity contribution in [1.29, 1.82) is 0 Å². The Morgan fingerprint density at radius 2 is 2.25 bits per heavy atom. The number of methoxy groups -OCH3 is 1. The SMILES string of the molecule is CCCN(c1cc(C(=O)OC)ccn1)C1CCNCC1. The lowest BCUT2D eigenvalue weighted by molar-refractivity contribution is 0.0600. The van der Waals surface area contributed by atoms with Gasteiger partial charge in [-0.25, -0.2) is 9.78 Å². The molecule has 1 aromatic rings. The summed E-state index contributed by atoms with van der Waals surface area (Å²) in [6.07, 6.45) is 4.98. The van der Waals surface area contributed by atoms with Crippen molar-refractivity contribution in [2.45, 2.75) is 32.2 Å². The molecule has 1 saturated heterocycles. The number of piperidine rings is 1. The van der Waals surface area contributed by atoms with Crippen LogP contribution in [0.2, 0.25) is 0 Å². The molecule has 0 aliphatic carbocycles. The van der Waals surface area contributed by atoms with E-state index in [-0.39, 0.29) is 5.97 Å². The Labute approximate surface area is 120 Å². The van der Waals surface area contributed by atoms with E-state index in [2.05, 4.69) is 22.1 Å². The third kappa shape index (κ3) is 3.48. The lowest BCUT2D eigenvalue weighted by Gasteiger charge is -2.35. The molecule has 0 aromatic carbocycles. The highest BCUT2D eigenvalue weighted by Gasteiger charge is 2.22. The maximum Gasteiger partial charge on any atom is 0.338 e. The summed E-state index contributed by atoms with van der Waals surface area (Å²) in [6.45, 7) is 5.21. The lowest BCUT2D eigenvalue weighted by Crippen LogP contribution is -2.44. The number of anilines is 1. The zero-order valence-corrected chi connectivity index (χ0v) is 12.3. The van der Waals surface area contributed by atoms with Crippen molar-refractivity contribution in [3.8, 4) is 0 Å². The van der Waals surface area contributed by atoms with Crippen LogP contribution in [0.5, 0.6) is 0 Å². The molecule has 0 atom stereocenters. The fraction of sp³-hybridized carbons (Fsp3) is 0.600. The Balaban J connectivity index is 2.21. The minimum Gasteiger partial charge on any atom is -0.465 e. The van der Waals surface area contributed by atoms with E-state index in [1.807, 2.05) is 6.07 Å². The standard InChI is InChI=1S/C15H23N3O2/c1-3-10-18(13-5-7-16-8-6-13)14-11-12(4-9-17-14)15(19)20-2/h4,9,11,13,16H,3,5-8,10H2,1-2H3. The van der Waals surface area contributed by atoms with Crippen LogP contribution in [-0.4, -0.2) is 43.7 Å². The Kier molecular flexibility index (Phi) is 5.35. The molecule has 0 bridgehead atoms. The Hall–Kier alpha value is -1.62. The molecule has 1 aromatic heterocycles. The van der Waals surface area contributed by atoms with Gasteiger partial charge in [0.05, 0.1) is 12.7 Å². The van der Waals surface area contributed by atoms with Crippen molar-refractivity contribution < 1.29 is 9.53 Å². The van der Waals surface area contributed by atoms with Crippen LogP contribution in [0.4, 0.5) is 5.82 Å². The van der Waals surface area contributed by atoms with Gasteiger partial charge in [-0.05, 0) is 44.5 Å². The monoisotopic (exact) mass is 277 g/mol. The zero-order chi connectivity index (χ0) is 14.4. The van der Waals surface area contributed by atoms with Crippen molar-refractivity contribution in [3.63, 3.8) is 0 Å². The van der Waals surface area contributed by atoms with Gasteiger partial charge in [-0.1, -0.05) is 6.92 Å². The van der Waals surface area contributed by atoms with Crippen molar-refractivity contribution in [1.82, 2.24) is 10.3 Å². The van der Waals surface area contributed by atoms with Crippen LogP contribution in [0.15, 0.2) is 18.3 Å². The van der Waals surface area contributed by atoms with Crippen LogP contribution in [0.3, 0.4) is 0 Å². The largest absolute Gasteiger partial charge is 0.465 e. The number of pyridine rings is 1. The molecule has 2 rings (SSSR count). The van der Waals surface area contributed by atoms with Crippen LogP contribution < -0.4 is 10.2 Å². The van der Waals surface area contributed by atoms with Gasteiger partial charge in [-0.15, -0.1) is 0 Å². The average Bonchev–Trinajstić information content (AvgIpc) is 2.52. The first-order valence-corrected chi connectivity index (χ1v) is 7.28. The number of hydrogen-bond donors (Lipinski definition) is 1. The molecule has 2 heterocycles. The number of nitrogens with one attached hydrogen (secondary N) is 1. The second-order valence-electron chi connectivity index (χ2n) is 5.07. The Morgan fingerprint density at radius 1 is 1.50 bits per heavy atom. The molecule has 5 heteroatoms. The molecular weight excluding hydrogens is 254 g/mol. The van der Waals surface area contributed by atoms with E-state index in [4.69, 9.17) is 4.74 Å². The minimum atomic E-state index is -0.310. The molecule has 5 nitrogen and oxygen atoms in total. The summed E-state index contributed by atoms with van der Waals surface area (Å²) in [5.41, 5.74) is 0.563. The van der Waals surface area contributed by atoms with Gasteiger partial charge in [0.25, 0.3) is 0 Å². The van der Waals surface area contributed by atoms with Crippen LogP contribution in [0.25, 0.3) is 0 Å². The van der Waals surface area contributed by atoms with Crippen molar-refractivity contribution in [2.75, 3.05) is 31.6 Å². The smallest absolute Gasteiger partial charge is 0.338 e. The summed E-state index contributed by atoms with van der Waals surface area (Å²) in [6, 6.07) is 4.03. The second kappa shape index (κ2) is 7.24. The molecule has 0 radical (unpaired) electrons. The minimum absolute atomic E-state index is 0.310. The maximum absolute atomic E-state index is 11.6. The average molecular weight is 277 g/mol. The number of carbonyl (C=O) groups excluding carboxylic acids is 1. The van der Waals surface area contributed by atoms with Gasteiger partial charge in [-0.3, -0.25) is 0 Å².